The van der Waals surface area contributed by atoms with E-state index in [1.165, 1.54) is 13.5 Å². The molecule has 2 N–H and O–H groups in total. The number of fused-ring (bicyclic) bond motifs is 2. The van der Waals surface area contributed by atoms with Gasteiger partial charge in [0.1, 0.15) is 5.54 Å². The van der Waals surface area contributed by atoms with E-state index in [0.717, 1.165) is 25.7 Å². The van der Waals surface area contributed by atoms with E-state index in [2.05, 4.69) is 11.9 Å². The monoisotopic (exact) mass is 212 g/mol. The van der Waals surface area contributed by atoms with Crippen LogP contribution in [0.5, 0.6) is 0 Å². The molecule has 2 aliphatic heterocycles. The van der Waals surface area contributed by atoms with E-state index < -0.39 is 5.54 Å². The number of methoxy groups -OCH3 is 1. The maximum absolute atomic E-state index is 11.7. The summed E-state index contributed by atoms with van der Waals surface area (Å²) in [6, 6.07) is 0.920. The van der Waals surface area contributed by atoms with Crippen LogP contribution in [0, 0.1) is 0 Å². The Kier molecular flexibility index (Phi) is 2.73. The summed E-state index contributed by atoms with van der Waals surface area (Å²) >= 11 is 0. The SMILES string of the molecule is COC(=O)C1(N)CC2CCCC(C1)N2C. The highest BCUT2D eigenvalue weighted by Gasteiger charge is 2.47. The zero-order valence-electron chi connectivity index (χ0n) is 9.53. The Balaban J connectivity index is 2.16. The van der Waals surface area contributed by atoms with E-state index >= 15 is 0 Å². The van der Waals surface area contributed by atoms with E-state index in [0.29, 0.717) is 12.1 Å². The summed E-state index contributed by atoms with van der Waals surface area (Å²) in [6.45, 7) is 0. The van der Waals surface area contributed by atoms with E-state index in [9.17, 15) is 4.79 Å². The van der Waals surface area contributed by atoms with Gasteiger partial charge in [0, 0.05) is 12.1 Å². The van der Waals surface area contributed by atoms with Gasteiger partial charge in [-0.2, -0.15) is 0 Å². The molecule has 0 aromatic rings. The third-order valence-corrected chi connectivity index (χ3v) is 4.02. The fourth-order valence-electron chi connectivity index (χ4n) is 3.08. The number of carbonyl (C=O) groups is 1. The molecular formula is C11H20N2O2. The van der Waals surface area contributed by atoms with Gasteiger partial charge in [-0.3, -0.25) is 4.79 Å². The third kappa shape index (κ3) is 1.76. The van der Waals surface area contributed by atoms with Gasteiger partial charge < -0.3 is 15.4 Å². The standard InChI is InChI=1S/C11H20N2O2/c1-13-8-4-3-5-9(13)7-11(12,6-8)10(14)15-2/h8-9H,3-7,12H2,1-2H3. The van der Waals surface area contributed by atoms with Crippen LogP contribution in [-0.2, 0) is 9.53 Å². The quantitative estimate of drug-likeness (QED) is 0.643. The molecule has 4 nitrogen and oxygen atoms in total. The molecule has 0 aromatic carbocycles. The smallest absolute Gasteiger partial charge is 0.325 e. The summed E-state index contributed by atoms with van der Waals surface area (Å²) in [5.41, 5.74) is 5.43. The van der Waals surface area contributed by atoms with E-state index in [-0.39, 0.29) is 5.97 Å². The normalized spacial score (nSPS) is 41.3. The van der Waals surface area contributed by atoms with Crippen molar-refractivity contribution in [2.75, 3.05) is 14.2 Å². The van der Waals surface area contributed by atoms with Crippen molar-refractivity contribution in [3.05, 3.63) is 0 Å². The van der Waals surface area contributed by atoms with Gasteiger partial charge in [-0.25, -0.2) is 0 Å². The Labute approximate surface area is 90.8 Å². The van der Waals surface area contributed by atoms with Crippen molar-refractivity contribution < 1.29 is 9.53 Å². The predicted octanol–water partition coefficient (Wildman–Crippen LogP) is 0.504. The van der Waals surface area contributed by atoms with Gasteiger partial charge in [0.15, 0.2) is 0 Å². The second-order valence-corrected chi connectivity index (χ2v) is 4.96. The summed E-state index contributed by atoms with van der Waals surface area (Å²) in [5, 5.41) is 0. The first-order valence-corrected chi connectivity index (χ1v) is 5.66. The summed E-state index contributed by atoms with van der Waals surface area (Å²) < 4.78 is 4.81. The Morgan fingerprint density at radius 1 is 1.40 bits per heavy atom. The molecule has 2 fully saturated rings. The summed E-state index contributed by atoms with van der Waals surface area (Å²) in [5.74, 6) is -0.243. The largest absolute Gasteiger partial charge is 0.468 e. The topological polar surface area (TPSA) is 55.6 Å². The number of esters is 1. The van der Waals surface area contributed by atoms with Gasteiger partial charge in [-0.1, -0.05) is 6.42 Å². The Bertz CT molecular complexity index is 253. The molecule has 2 unspecified atom stereocenters. The lowest BCUT2D eigenvalue weighted by Gasteiger charge is -2.49. The van der Waals surface area contributed by atoms with Gasteiger partial charge in [-0.05, 0) is 32.7 Å². The number of nitrogens with two attached hydrogens (primary N) is 1. The molecule has 2 saturated heterocycles. The number of ether oxygens (including phenoxy) is 1. The predicted molar refractivity (Wildman–Crippen MR) is 57.4 cm³/mol. The van der Waals surface area contributed by atoms with Crippen LogP contribution >= 0.6 is 0 Å². The molecule has 2 bridgehead atoms. The zero-order valence-corrected chi connectivity index (χ0v) is 9.53. The molecule has 86 valence electrons. The number of nitrogens with zero attached hydrogens (tertiary/aromatic N) is 1. The molecule has 4 heteroatoms. The molecular weight excluding hydrogens is 192 g/mol. The van der Waals surface area contributed by atoms with Crippen LogP contribution in [0.3, 0.4) is 0 Å². The van der Waals surface area contributed by atoms with Gasteiger partial charge in [-0.15, -0.1) is 0 Å². The molecule has 2 heterocycles. The van der Waals surface area contributed by atoms with Crippen molar-refractivity contribution in [2.24, 2.45) is 5.73 Å². The first kappa shape index (κ1) is 10.9. The first-order chi connectivity index (χ1) is 7.07. The molecule has 2 aliphatic rings. The van der Waals surface area contributed by atoms with Crippen molar-refractivity contribution in [2.45, 2.75) is 49.7 Å². The molecule has 0 aromatic heterocycles. The lowest BCUT2D eigenvalue weighted by atomic mass is 9.74. The van der Waals surface area contributed by atoms with Crippen LogP contribution in [0.4, 0.5) is 0 Å². The van der Waals surface area contributed by atoms with Crippen molar-refractivity contribution in [1.82, 2.24) is 4.90 Å². The summed E-state index contributed by atoms with van der Waals surface area (Å²) in [4.78, 5) is 14.0. The van der Waals surface area contributed by atoms with Crippen LogP contribution in [0.25, 0.3) is 0 Å². The van der Waals surface area contributed by atoms with E-state index in [1.54, 1.807) is 0 Å². The highest BCUT2D eigenvalue weighted by atomic mass is 16.5. The molecule has 0 amide bonds. The fourth-order valence-corrected chi connectivity index (χ4v) is 3.08. The number of carbonyl (C=O) groups excluding carboxylic acids is 1. The maximum Gasteiger partial charge on any atom is 0.325 e. The minimum absolute atomic E-state index is 0.243. The second kappa shape index (κ2) is 3.76. The Hall–Kier alpha value is -0.610. The summed E-state index contributed by atoms with van der Waals surface area (Å²) in [7, 11) is 3.57. The van der Waals surface area contributed by atoms with Crippen molar-refractivity contribution in [1.29, 1.82) is 0 Å². The molecule has 0 saturated carbocycles. The van der Waals surface area contributed by atoms with Gasteiger partial charge in [0.2, 0.25) is 0 Å². The molecule has 15 heavy (non-hydrogen) atoms. The molecule has 0 aliphatic carbocycles. The minimum atomic E-state index is -0.739. The lowest BCUT2D eigenvalue weighted by Crippen LogP contribution is -2.63. The minimum Gasteiger partial charge on any atom is -0.468 e. The zero-order chi connectivity index (χ0) is 11.1. The van der Waals surface area contributed by atoms with E-state index in [4.69, 9.17) is 10.5 Å². The number of hydrogen-bond donors (Lipinski definition) is 1. The third-order valence-electron chi connectivity index (χ3n) is 4.02. The molecule has 0 spiro atoms. The molecule has 0 radical (unpaired) electrons. The van der Waals surface area contributed by atoms with Crippen LogP contribution in [0.2, 0.25) is 0 Å². The Morgan fingerprint density at radius 2 is 1.93 bits per heavy atom. The van der Waals surface area contributed by atoms with Gasteiger partial charge >= 0.3 is 5.97 Å². The van der Waals surface area contributed by atoms with Crippen molar-refractivity contribution >= 4 is 5.97 Å². The van der Waals surface area contributed by atoms with Crippen LogP contribution < -0.4 is 5.73 Å². The first-order valence-electron chi connectivity index (χ1n) is 5.66. The average Bonchev–Trinajstić information content (AvgIpc) is 2.19. The highest BCUT2D eigenvalue weighted by Crippen LogP contribution is 2.37. The average molecular weight is 212 g/mol. The van der Waals surface area contributed by atoms with Crippen molar-refractivity contribution in [3.8, 4) is 0 Å². The number of piperidine rings is 2. The lowest BCUT2D eigenvalue weighted by molar-refractivity contribution is -0.151. The number of hydrogen-bond acceptors (Lipinski definition) is 4. The summed E-state index contributed by atoms with van der Waals surface area (Å²) in [6.07, 6.45) is 5.06. The van der Waals surface area contributed by atoms with Crippen LogP contribution in [0.15, 0.2) is 0 Å². The van der Waals surface area contributed by atoms with Gasteiger partial charge in [0.25, 0.3) is 0 Å². The van der Waals surface area contributed by atoms with Gasteiger partial charge in [0.05, 0.1) is 7.11 Å². The highest BCUT2D eigenvalue weighted by molar-refractivity contribution is 5.80. The number of rotatable bonds is 1. The Morgan fingerprint density at radius 3 is 2.40 bits per heavy atom. The van der Waals surface area contributed by atoms with E-state index in [1.807, 2.05) is 0 Å². The van der Waals surface area contributed by atoms with Crippen molar-refractivity contribution in [3.63, 3.8) is 0 Å². The maximum atomic E-state index is 11.7. The molecule has 2 atom stereocenters. The second-order valence-electron chi connectivity index (χ2n) is 4.96. The van der Waals surface area contributed by atoms with Crippen LogP contribution in [0.1, 0.15) is 32.1 Å². The van der Waals surface area contributed by atoms with Crippen LogP contribution in [-0.4, -0.2) is 42.6 Å². The molecule has 2 rings (SSSR count). The fraction of sp³-hybridized carbons (Fsp3) is 0.909.